The van der Waals surface area contributed by atoms with Gasteiger partial charge in [-0.05, 0) is 12.1 Å². The van der Waals surface area contributed by atoms with Crippen molar-refractivity contribution in [2.24, 2.45) is 5.92 Å². The molecule has 0 unspecified atom stereocenters. The van der Waals surface area contributed by atoms with Gasteiger partial charge in [-0.15, -0.1) is 0 Å². The van der Waals surface area contributed by atoms with Gasteiger partial charge >= 0.3 is 17.9 Å². The second-order valence-electron chi connectivity index (χ2n) is 5.04. The fourth-order valence-corrected chi connectivity index (χ4v) is 2.11. The third-order valence-electron chi connectivity index (χ3n) is 3.39. The van der Waals surface area contributed by atoms with Crippen LogP contribution in [-0.4, -0.2) is 51.2 Å². The molecule has 1 aromatic carbocycles. The first-order chi connectivity index (χ1) is 12.2. The zero-order chi connectivity index (χ0) is 19.9. The number of halogens is 2. The number of benzene rings is 1. The van der Waals surface area contributed by atoms with Crippen LogP contribution in [0.5, 0.6) is 0 Å². The maximum absolute atomic E-state index is 13.3. The van der Waals surface area contributed by atoms with Gasteiger partial charge in [0.2, 0.25) is 0 Å². The van der Waals surface area contributed by atoms with Crippen molar-refractivity contribution in [2.75, 3.05) is 21.3 Å². The van der Waals surface area contributed by atoms with Crippen molar-refractivity contribution in [1.29, 1.82) is 0 Å². The fourth-order valence-electron chi connectivity index (χ4n) is 2.11. The number of hydrogen-bond acceptors (Lipinski definition) is 7. The van der Waals surface area contributed by atoms with E-state index in [0.717, 1.165) is 33.5 Å². The normalized spacial score (nSPS) is 12.5. The van der Waals surface area contributed by atoms with Crippen LogP contribution in [0.1, 0.15) is 16.8 Å². The summed E-state index contributed by atoms with van der Waals surface area (Å²) in [5.74, 6) is -7.45. The second kappa shape index (κ2) is 9.44. The molecule has 1 N–H and O–H groups in total. The number of carbonyl (C=O) groups excluding carboxylic acids is 4. The number of esters is 3. The van der Waals surface area contributed by atoms with Crippen molar-refractivity contribution in [3.8, 4) is 0 Å². The lowest BCUT2D eigenvalue weighted by molar-refractivity contribution is -0.158. The highest BCUT2D eigenvalue weighted by Crippen LogP contribution is 2.16. The standard InChI is InChI=1S/C16H17F2NO7/c1-24-12(20)7-11(15(22)25-2)13(16(23)26-3)19-14(21)8-4-9(17)6-10(18)5-8/h4-6,11,13H,7H2,1-3H3,(H,19,21)/t11-,13-/m1/s1. The van der Waals surface area contributed by atoms with Gasteiger partial charge in [0.1, 0.15) is 17.7 Å². The highest BCUT2D eigenvalue weighted by atomic mass is 19.1. The van der Waals surface area contributed by atoms with Crippen LogP contribution in [0.4, 0.5) is 8.78 Å². The van der Waals surface area contributed by atoms with Gasteiger partial charge in [0, 0.05) is 11.6 Å². The molecule has 2 atom stereocenters. The molecular formula is C16H17F2NO7. The smallest absolute Gasteiger partial charge is 0.329 e. The van der Waals surface area contributed by atoms with Crippen molar-refractivity contribution in [3.05, 3.63) is 35.4 Å². The van der Waals surface area contributed by atoms with Crippen LogP contribution in [0.3, 0.4) is 0 Å². The van der Waals surface area contributed by atoms with E-state index in [1.807, 2.05) is 0 Å². The van der Waals surface area contributed by atoms with Crippen LogP contribution < -0.4 is 5.32 Å². The molecule has 0 spiro atoms. The molecule has 0 aromatic heterocycles. The van der Waals surface area contributed by atoms with Gasteiger partial charge in [0.05, 0.1) is 33.7 Å². The molecule has 0 saturated carbocycles. The summed E-state index contributed by atoms with van der Waals surface area (Å²) in [6, 6.07) is 0.383. The van der Waals surface area contributed by atoms with E-state index >= 15 is 0 Å². The SMILES string of the molecule is COC(=O)C[C@@H](C(=O)OC)[C@@H](NC(=O)c1cc(F)cc(F)c1)C(=O)OC. The molecule has 8 nitrogen and oxygen atoms in total. The largest absolute Gasteiger partial charge is 0.469 e. The summed E-state index contributed by atoms with van der Waals surface area (Å²) in [6.45, 7) is 0. The summed E-state index contributed by atoms with van der Waals surface area (Å²) in [5, 5.41) is 2.13. The summed E-state index contributed by atoms with van der Waals surface area (Å²) >= 11 is 0. The molecule has 0 saturated heterocycles. The Kier molecular flexibility index (Phi) is 7.63. The van der Waals surface area contributed by atoms with E-state index in [1.54, 1.807) is 0 Å². The van der Waals surface area contributed by atoms with Crippen molar-refractivity contribution in [2.45, 2.75) is 12.5 Å². The molecule has 26 heavy (non-hydrogen) atoms. The average molecular weight is 373 g/mol. The predicted octanol–water partition coefficient (Wildman–Crippen LogP) is 0.588. The predicted molar refractivity (Wildman–Crippen MR) is 81.8 cm³/mol. The Balaban J connectivity index is 3.17. The molecule has 0 aliphatic rings. The van der Waals surface area contributed by atoms with Gasteiger partial charge in [-0.2, -0.15) is 0 Å². The molecule has 1 amide bonds. The molecule has 1 aromatic rings. The molecular weight excluding hydrogens is 356 g/mol. The van der Waals surface area contributed by atoms with Crippen LogP contribution >= 0.6 is 0 Å². The quantitative estimate of drug-likeness (QED) is 0.550. The summed E-state index contributed by atoms with van der Waals surface area (Å²) < 4.78 is 40.0. The molecule has 0 aliphatic carbocycles. The van der Waals surface area contributed by atoms with E-state index < -0.39 is 59.4 Å². The number of carbonyl (C=O) groups is 4. The van der Waals surface area contributed by atoms with Gasteiger partial charge < -0.3 is 19.5 Å². The Morgan fingerprint density at radius 2 is 1.46 bits per heavy atom. The number of ether oxygens (including phenoxy) is 3. The lowest BCUT2D eigenvalue weighted by Gasteiger charge is -2.23. The minimum absolute atomic E-state index is 0.432. The Morgan fingerprint density at radius 3 is 1.92 bits per heavy atom. The van der Waals surface area contributed by atoms with Gasteiger partial charge in [-0.1, -0.05) is 0 Å². The lowest BCUT2D eigenvalue weighted by Crippen LogP contribution is -2.50. The number of amides is 1. The maximum Gasteiger partial charge on any atom is 0.329 e. The molecule has 0 aliphatic heterocycles. The molecule has 0 bridgehead atoms. The zero-order valence-corrected chi connectivity index (χ0v) is 14.2. The second-order valence-corrected chi connectivity index (χ2v) is 5.04. The van der Waals surface area contributed by atoms with Gasteiger partial charge in [0.25, 0.3) is 5.91 Å². The van der Waals surface area contributed by atoms with Gasteiger partial charge in [0.15, 0.2) is 0 Å². The Bertz CT molecular complexity index is 688. The van der Waals surface area contributed by atoms with Crippen LogP contribution in [0.25, 0.3) is 0 Å². The van der Waals surface area contributed by atoms with Crippen LogP contribution in [-0.2, 0) is 28.6 Å². The van der Waals surface area contributed by atoms with Crippen molar-refractivity contribution < 1.29 is 42.2 Å². The molecule has 0 fully saturated rings. The van der Waals surface area contributed by atoms with E-state index in [1.165, 1.54) is 0 Å². The number of methoxy groups -OCH3 is 3. The number of nitrogens with one attached hydrogen (secondary N) is 1. The van der Waals surface area contributed by atoms with Crippen LogP contribution in [0, 0.1) is 17.6 Å². The summed E-state index contributed by atoms with van der Waals surface area (Å²) in [7, 11) is 3.08. The highest BCUT2D eigenvalue weighted by Gasteiger charge is 2.38. The topological polar surface area (TPSA) is 108 Å². The van der Waals surface area contributed by atoms with Crippen molar-refractivity contribution in [3.63, 3.8) is 0 Å². The highest BCUT2D eigenvalue weighted by molar-refractivity contribution is 5.98. The maximum atomic E-state index is 13.3. The minimum Gasteiger partial charge on any atom is -0.469 e. The van der Waals surface area contributed by atoms with Gasteiger partial charge in [-0.3, -0.25) is 14.4 Å². The summed E-state index contributed by atoms with van der Waals surface area (Å²) in [5.41, 5.74) is -0.432. The molecule has 1 rings (SSSR count). The minimum atomic E-state index is -1.65. The Hall–Kier alpha value is -3.04. The fraction of sp³-hybridized carbons (Fsp3) is 0.375. The first kappa shape index (κ1) is 21.0. The summed E-state index contributed by atoms with van der Waals surface area (Å²) in [6.07, 6.45) is -0.596. The first-order valence-electron chi connectivity index (χ1n) is 7.22. The molecule has 0 heterocycles. The van der Waals surface area contributed by atoms with Crippen molar-refractivity contribution in [1.82, 2.24) is 5.32 Å². The molecule has 0 radical (unpaired) electrons. The van der Waals surface area contributed by atoms with E-state index in [9.17, 15) is 28.0 Å². The Morgan fingerprint density at radius 1 is 0.923 bits per heavy atom. The van der Waals surface area contributed by atoms with Gasteiger partial charge in [-0.25, -0.2) is 13.6 Å². The third-order valence-corrected chi connectivity index (χ3v) is 3.39. The lowest BCUT2D eigenvalue weighted by atomic mass is 9.95. The molecule has 10 heteroatoms. The summed E-state index contributed by atoms with van der Waals surface area (Å²) in [4.78, 5) is 47.7. The van der Waals surface area contributed by atoms with E-state index in [2.05, 4.69) is 19.5 Å². The zero-order valence-electron chi connectivity index (χ0n) is 14.2. The van der Waals surface area contributed by atoms with Crippen LogP contribution in [0.2, 0.25) is 0 Å². The third kappa shape index (κ3) is 5.50. The average Bonchev–Trinajstić information content (AvgIpc) is 2.61. The first-order valence-corrected chi connectivity index (χ1v) is 7.22. The number of rotatable bonds is 7. The van der Waals surface area contributed by atoms with Crippen LogP contribution in [0.15, 0.2) is 18.2 Å². The number of hydrogen-bond donors (Lipinski definition) is 1. The van der Waals surface area contributed by atoms with Crippen molar-refractivity contribution >= 4 is 23.8 Å². The van der Waals surface area contributed by atoms with E-state index in [0.29, 0.717) is 6.07 Å². The van der Waals surface area contributed by atoms with E-state index in [4.69, 9.17) is 0 Å². The van der Waals surface area contributed by atoms with E-state index in [-0.39, 0.29) is 0 Å². The Labute approximate surface area is 147 Å². The molecule has 142 valence electrons. The monoisotopic (exact) mass is 373 g/mol.